The summed E-state index contributed by atoms with van der Waals surface area (Å²) in [5.74, 6) is 0.981. The summed E-state index contributed by atoms with van der Waals surface area (Å²) in [5.41, 5.74) is 3.75. The maximum Gasteiger partial charge on any atom is 0.225 e. The SMILES string of the molecule is Cc1cccc(CNC(=O)[C@@H]2CCCN(C3CCN(C(=O)C4CC4)CC3)C2)c1C. The topological polar surface area (TPSA) is 52.7 Å². The average molecular weight is 398 g/mol. The van der Waals surface area contributed by atoms with Crippen molar-refractivity contribution in [2.75, 3.05) is 26.2 Å². The van der Waals surface area contributed by atoms with Crippen LogP contribution in [-0.4, -0.2) is 53.8 Å². The van der Waals surface area contributed by atoms with Gasteiger partial charge in [0.25, 0.3) is 0 Å². The minimum Gasteiger partial charge on any atom is -0.352 e. The van der Waals surface area contributed by atoms with Gasteiger partial charge in [-0.1, -0.05) is 18.2 Å². The molecule has 2 amide bonds. The van der Waals surface area contributed by atoms with Crippen LogP contribution in [0.1, 0.15) is 55.2 Å². The van der Waals surface area contributed by atoms with Crippen LogP contribution in [0.4, 0.5) is 0 Å². The van der Waals surface area contributed by atoms with E-state index >= 15 is 0 Å². The molecule has 1 aromatic carbocycles. The number of hydrogen-bond acceptors (Lipinski definition) is 3. The largest absolute Gasteiger partial charge is 0.352 e. The van der Waals surface area contributed by atoms with Gasteiger partial charge in [-0.3, -0.25) is 14.5 Å². The zero-order valence-corrected chi connectivity index (χ0v) is 18.0. The Morgan fingerprint density at radius 1 is 1.00 bits per heavy atom. The summed E-state index contributed by atoms with van der Waals surface area (Å²) >= 11 is 0. The summed E-state index contributed by atoms with van der Waals surface area (Å²) in [4.78, 5) is 29.7. The third-order valence-corrected chi connectivity index (χ3v) is 7.21. The summed E-state index contributed by atoms with van der Waals surface area (Å²) in [5, 5.41) is 3.18. The van der Waals surface area contributed by atoms with Crippen LogP contribution in [0.5, 0.6) is 0 Å². The van der Waals surface area contributed by atoms with E-state index in [1.54, 1.807) is 0 Å². The van der Waals surface area contributed by atoms with E-state index in [0.717, 1.165) is 64.7 Å². The fraction of sp³-hybridized carbons (Fsp3) is 0.667. The van der Waals surface area contributed by atoms with Gasteiger partial charge in [0, 0.05) is 38.1 Å². The van der Waals surface area contributed by atoms with Crippen LogP contribution in [0, 0.1) is 25.7 Å². The third-order valence-electron chi connectivity index (χ3n) is 7.21. The minimum atomic E-state index is 0.0833. The van der Waals surface area contributed by atoms with Crippen molar-refractivity contribution in [1.29, 1.82) is 0 Å². The molecule has 0 aromatic heterocycles. The second-order valence-corrected chi connectivity index (χ2v) is 9.24. The number of likely N-dealkylation sites (tertiary alicyclic amines) is 2. The molecule has 5 heteroatoms. The molecule has 4 rings (SSSR count). The molecular weight excluding hydrogens is 362 g/mol. The standard InChI is InChI=1S/C24H35N3O2/c1-17-5-3-6-20(18(17)2)15-25-23(28)21-7-4-12-27(16-21)22-10-13-26(14-11-22)24(29)19-8-9-19/h3,5-6,19,21-22H,4,7-16H2,1-2H3,(H,25,28)/t21-/m1/s1. The smallest absolute Gasteiger partial charge is 0.225 e. The Morgan fingerprint density at radius 3 is 2.48 bits per heavy atom. The summed E-state index contributed by atoms with van der Waals surface area (Å²) in [6.07, 6.45) is 6.34. The Morgan fingerprint density at radius 2 is 1.76 bits per heavy atom. The number of nitrogens with zero attached hydrogens (tertiary/aromatic N) is 2. The van der Waals surface area contributed by atoms with E-state index in [2.05, 4.69) is 47.2 Å². The van der Waals surface area contributed by atoms with Gasteiger partial charge in [-0.2, -0.15) is 0 Å². The molecule has 158 valence electrons. The van der Waals surface area contributed by atoms with Crippen LogP contribution in [0.15, 0.2) is 18.2 Å². The molecule has 2 aliphatic heterocycles. The van der Waals surface area contributed by atoms with E-state index in [-0.39, 0.29) is 11.8 Å². The zero-order valence-electron chi connectivity index (χ0n) is 18.0. The number of carbonyl (C=O) groups is 2. The molecule has 2 heterocycles. The molecule has 1 N–H and O–H groups in total. The number of rotatable bonds is 5. The number of benzene rings is 1. The number of piperidine rings is 2. The Hall–Kier alpha value is -1.88. The third kappa shape index (κ3) is 4.82. The maximum absolute atomic E-state index is 12.8. The number of nitrogens with one attached hydrogen (secondary N) is 1. The highest BCUT2D eigenvalue weighted by atomic mass is 16.2. The first-order chi connectivity index (χ1) is 14.0. The minimum absolute atomic E-state index is 0.0833. The van der Waals surface area contributed by atoms with E-state index in [1.807, 2.05) is 0 Å². The monoisotopic (exact) mass is 397 g/mol. The molecule has 0 unspecified atom stereocenters. The predicted molar refractivity (Wildman–Crippen MR) is 114 cm³/mol. The number of carbonyl (C=O) groups excluding carboxylic acids is 2. The van der Waals surface area contributed by atoms with Gasteiger partial charge in [0.1, 0.15) is 0 Å². The van der Waals surface area contributed by atoms with Gasteiger partial charge in [-0.15, -0.1) is 0 Å². The van der Waals surface area contributed by atoms with E-state index in [9.17, 15) is 9.59 Å². The number of amides is 2. The highest BCUT2D eigenvalue weighted by molar-refractivity contribution is 5.81. The molecule has 1 atom stereocenters. The van der Waals surface area contributed by atoms with Crippen LogP contribution in [-0.2, 0) is 16.1 Å². The van der Waals surface area contributed by atoms with Crippen LogP contribution in [0.2, 0.25) is 0 Å². The van der Waals surface area contributed by atoms with Crippen molar-refractivity contribution in [3.63, 3.8) is 0 Å². The van der Waals surface area contributed by atoms with Gasteiger partial charge < -0.3 is 10.2 Å². The van der Waals surface area contributed by atoms with Crippen molar-refractivity contribution in [3.05, 3.63) is 34.9 Å². The van der Waals surface area contributed by atoms with Crippen molar-refractivity contribution < 1.29 is 9.59 Å². The lowest BCUT2D eigenvalue weighted by molar-refractivity contribution is -0.134. The van der Waals surface area contributed by atoms with Gasteiger partial charge in [0.15, 0.2) is 0 Å². The second-order valence-electron chi connectivity index (χ2n) is 9.24. The number of aryl methyl sites for hydroxylation is 1. The van der Waals surface area contributed by atoms with Crippen LogP contribution >= 0.6 is 0 Å². The van der Waals surface area contributed by atoms with Gasteiger partial charge in [0.2, 0.25) is 11.8 Å². The lowest BCUT2D eigenvalue weighted by Gasteiger charge is -2.42. The molecule has 1 saturated carbocycles. The van der Waals surface area contributed by atoms with Crippen molar-refractivity contribution in [2.45, 2.75) is 65.0 Å². The van der Waals surface area contributed by atoms with Gasteiger partial charge in [-0.05, 0) is 75.6 Å². The van der Waals surface area contributed by atoms with E-state index < -0.39 is 0 Å². The first-order valence-corrected chi connectivity index (χ1v) is 11.4. The molecular formula is C24H35N3O2. The fourth-order valence-corrected chi connectivity index (χ4v) is 4.92. The fourth-order valence-electron chi connectivity index (χ4n) is 4.92. The lowest BCUT2D eigenvalue weighted by atomic mass is 9.93. The summed E-state index contributed by atoms with van der Waals surface area (Å²) in [6, 6.07) is 6.80. The second kappa shape index (κ2) is 8.86. The van der Waals surface area contributed by atoms with Crippen LogP contribution in [0.3, 0.4) is 0 Å². The van der Waals surface area contributed by atoms with Gasteiger partial charge >= 0.3 is 0 Å². The van der Waals surface area contributed by atoms with Crippen LogP contribution in [0.25, 0.3) is 0 Å². The molecule has 2 saturated heterocycles. The molecule has 29 heavy (non-hydrogen) atoms. The first-order valence-electron chi connectivity index (χ1n) is 11.4. The van der Waals surface area contributed by atoms with Gasteiger partial charge in [-0.25, -0.2) is 0 Å². The quantitative estimate of drug-likeness (QED) is 0.831. The molecule has 0 radical (unpaired) electrons. The highest BCUT2D eigenvalue weighted by Crippen LogP contribution is 2.32. The van der Waals surface area contributed by atoms with Crippen molar-refractivity contribution in [3.8, 4) is 0 Å². The highest BCUT2D eigenvalue weighted by Gasteiger charge is 2.37. The summed E-state index contributed by atoms with van der Waals surface area (Å²) in [7, 11) is 0. The molecule has 5 nitrogen and oxygen atoms in total. The molecule has 3 fully saturated rings. The van der Waals surface area contributed by atoms with E-state index in [0.29, 0.717) is 24.4 Å². The first kappa shape index (κ1) is 20.4. The molecule has 1 aromatic rings. The Balaban J connectivity index is 1.26. The number of hydrogen-bond donors (Lipinski definition) is 1. The molecule has 0 spiro atoms. The van der Waals surface area contributed by atoms with Crippen molar-refractivity contribution in [2.24, 2.45) is 11.8 Å². The van der Waals surface area contributed by atoms with E-state index in [1.165, 1.54) is 16.7 Å². The van der Waals surface area contributed by atoms with Crippen molar-refractivity contribution >= 4 is 11.8 Å². The predicted octanol–water partition coefficient (Wildman–Crippen LogP) is 3.03. The Bertz CT molecular complexity index is 750. The van der Waals surface area contributed by atoms with Crippen molar-refractivity contribution in [1.82, 2.24) is 15.1 Å². The van der Waals surface area contributed by atoms with Crippen LogP contribution < -0.4 is 5.32 Å². The Kier molecular flexibility index (Phi) is 6.23. The maximum atomic E-state index is 12.8. The normalized spacial score (nSPS) is 23.8. The lowest BCUT2D eigenvalue weighted by Crippen LogP contribution is -2.51. The van der Waals surface area contributed by atoms with E-state index in [4.69, 9.17) is 0 Å². The molecule has 3 aliphatic rings. The zero-order chi connectivity index (χ0) is 20.4. The molecule has 1 aliphatic carbocycles. The average Bonchev–Trinajstić information content (AvgIpc) is 3.60. The summed E-state index contributed by atoms with van der Waals surface area (Å²) < 4.78 is 0. The van der Waals surface area contributed by atoms with Gasteiger partial charge in [0.05, 0.1) is 5.92 Å². The summed E-state index contributed by atoms with van der Waals surface area (Å²) in [6.45, 7) is 8.58. The molecule has 0 bridgehead atoms. The Labute approximate surface area is 174 Å².